The first-order valence-corrected chi connectivity index (χ1v) is 21.8. The lowest BCUT2D eigenvalue weighted by molar-refractivity contribution is 0.758. The Morgan fingerprint density at radius 2 is 0.714 bits per heavy atom. The van der Waals surface area contributed by atoms with Crippen LogP contribution >= 0.6 is 0 Å². The molecule has 2 bridgehead atoms. The Kier molecular flexibility index (Phi) is 7.20. The molecule has 0 saturated carbocycles. The van der Waals surface area contributed by atoms with Crippen LogP contribution in [-0.2, 0) is 0 Å². The van der Waals surface area contributed by atoms with Crippen LogP contribution in [-0.4, -0.2) is 19.4 Å². The number of para-hydroxylation sites is 2. The number of hydrogen-bond donors (Lipinski definition) is 0. The van der Waals surface area contributed by atoms with Gasteiger partial charge in [0.25, 0.3) is 0 Å². The van der Waals surface area contributed by atoms with Crippen molar-refractivity contribution in [1.82, 2.24) is 19.4 Å². The van der Waals surface area contributed by atoms with E-state index in [1.807, 2.05) is 36.4 Å². The second kappa shape index (κ2) is 13.1. The molecule has 0 N–H and O–H groups in total. The van der Waals surface area contributed by atoms with Gasteiger partial charge in [-0.2, -0.15) is 0 Å². The van der Waals surface area contributed by atoms with Crippen LogP contribution in [0.1, 0.15) is 45.2 Å². The highest BCUT2D eigenvalue weighted by molar-refractivity contribution is 6.23. The second-order valence-corrected chi connectivity index (χ2v) is 17.0. The molecular weight excluding hydrogens is 765 g/mol. The Bertz CT molecular complexity index is 3690. The third-order valence-electron chi connectivity index (χ3n) is 13.8. The fourth-order valence-electron chi connectivity index (χ4n) is 11.1. The summed E-state index contributed by atoms with van der Waals surface area (Å²) in [6.07, 6.45) is 0. The van der Waals surface area contributed by atoms with E-state index in [4.69, 9.17) is 15.0 Å². The fourth-order valence-corrected chi connectivity index (χ4v) is 11.1. The van der Waals surface area contributed by atoms with Crippen molar-refractivity contribution in [2.24, 2.45) is 0 Å². The molecule has 15 rings (SSSR count). The molecule has 0 atom stereocenters. The lowest BCUT2D eigenvalue weighted by Crippen LogP contribution is -2.28. The minimum atomic E-state index is 0.104. The Balaban J connectivity index is 0.961. The van der Waals surface area contributed by atoms with Crippen LogP contribution in [0.15, 0.2) is 206 Å². The van der Waals surface area contributed by atoms with E-state index in [2.05, 4.69) is 174 Å². The zero-order chi connectivity index (χ0) is 41.2. The number of hydrogen-bond acceptors (Lipinski definition) is 3. The first-order chi connectivity index (χ1) is 31.3. The van der Waals surface area contributed by atoms with Crippen LogP contribution in [0, 0.1) is 0 Å². The van der Waals surface area contributed by atoms with E-state index < -0.39 is 0 Å². The van der Waals surface area contributed by atoms with Gasteiger partial charge in [0.2, 0.25) is 0 Å². The average molecular weight is 801 g/mol. The van der Waals surface area contributed by atoms with E-state index >= 15 is 0 Å². The molecule has 0 unspecified atom stereocenters. The highest BCUT2D eigenvalue weighted by Crippen LogP contribution is 2.60. The maximum atomic E-state index is 5.04. The van der Waals surface area contributed by atoms with Crippen molar-refractivity contribution in [3.63, 3.8) is 0 Å². The van der Waals surface area contributed by atoms with Gasteiger partial charge < -0.3 is 4.40 Å². The molecule has 0 radical (unpaired) electrons. The lowest BCUT2D eigenvalue weighted by Gasteiger charge is -2.44. The second-order valence-electron chi connectivity index (χ2n) is 17.0. The first-order valence-electron chi connectivity index (χ1n) is 21.8. The smallest absolute Gasteiger partial charge is 0.164 e. The van der Waals surface area contributed by atoms with Crippen molar-refractivity contribution in [3.05, 3.63) is 240 Å². The molecule has 0 aliphatic heterocycles. The van der Waals surface area contributed by atoms with Crippen molar-refractivity contribution >= 4 is 38.1 Å². The minimum absolute atomic E-state index is 0.104. The quantitative estimate of drug-likeness (QED) is 0.174. The van der Waals surface area contributed by atoms with Gasteiger partial charge in [-0.3, -0.25) is 0 Å². The zero-order valence-electron chi connectivity index (χ0n) is 34.1. The van der Waals surface area contributed by atoms with Crippen LogP contribution in [0.4, 0.5) is 0 Å². The van der Waals surface area contributed by atoms with E-state index in [-0.39, 0.29) is 11.8 Å². The Morgan fingerprint density at radius 1 is 0.302 bits per heavy atom. The maximum Gasteiger partial charge on any atom is 0.164 e. The Morgan fingerprint density at radius 3 is 1.29 bits per heavy atom. The zero-order valence-corrected chi connectivity index (χ0v) is 34.1. The van der Waals surface area contributed by atoms with Crippen LogP contribution in [0.5, 0.6) is 0 Å². The Hall–Kier alpha value is -8.21. The van der Waals surface area contributed by atoms with E-state index in [0.717, 1.165) is 16.7 Å². The Labute approximate surface area is 363 Å². The molecule has 0 fully saturated rings. The van der Waals surface area contributed by atoms with Crippen molar-refractivity contribution < 1.29 is 0 Å². The van der Waals surface area contributed by atoms with E-state index in [0.29, 0.717) is 17.5 Å². The molecule has 63 heavy (non-hydrogen) atoms. The van der Waals surface area contributed by atoms with Gasteiger partial charge >= 0.3 is 0 Å². The van der Waals surface area contributed by atoms with Crippen LogP contribution < -0.4 is 0 Å². The summed E-state index contributed by atoms with van der Waals surface area (Å²) >= 11 is 0. The largest absolute Gasteiger partial charge is 0.308 e. The van der Waals surface area contributed by atoms with Gasteiger partial charge in [-0.15, -0.1) is 0 Å². The summed E-state index contributed by atoms with van der Waals surface area (Å²) in [5.74, 6) is 2.19. The number of rotatable bonds is 5. The minimum Gasteiger partial charge on any atom is -0.308 e. The molecule has 12 aromatic rings. The standard InChI is InChI=1S/C59H36N4/c1-3-14-36(15-4-1)57-60-58(37-16-5-2-6-17-37)62-59(61-57)38-28-26-35(27-29-38)40-31-32-41(55-53-45-21-9-7-19-43(45)52(54(40)55)44-20-8-10-22-46(44)53)39-30-33-51-49(34-39)48-24-13-23-47-42-18-11-12-25-50(42)63(51)56(47)48/h1-34,52-53H. The summed E-state index contributed by atoms with van der Waals surface area (Å²) in [5.41, 5.74) is 20.1. The summed E-state index contributed by atoms with van der Waals surface area (Å²) in [7, 11) is 0. The number of aromatic nitrogens is 4. The molecule has 3 aliphatic carbocycles. The van der Waals surface area contributed by atoms with Crippen molar-refractivity contribution in [2.45, 2.75) is 11.8 Å². The number of nitrogens with zero attached hydrogens (tertiary/aromatic N) is 4. The first kappa shape index (κ1) is 34.5. The fraction of sp³-hybridized carbons (Fsp3) is 0.0339. The normalized spacial score (nSPS) is 15.0. The number of benzene rings is 9. The van der Waals surface area contributed by atoms with E-state index in [1.165, 1.54) is 93.7 Å². The van der Waals surface area contributed by atoms with Crippen LogP contribution in [0.3, 0.4) is 0 Å². The highest BCUT2D eigenvalue weighted by atomic mass is 15.0. The predicted molar refractivity (Wildman–Crippen MR) is 256 cm³/mol. The highest BCUT2D eigenvalue weighted by Gasteiger charge is 2.43. The molecular formula is C59H36N4. The molecule has 292 valence electrons. The molecule has 0 saturated heterocycles. The van der Waals surface area contributed by atoms with Crippen LogP contribution in [0.25, 0.3) is 94.5 Å². The number of fused-ring (bicyclic) bond motifs is 6. The average Bonchev–Trinajstić information content (AvgIpc) is 3.88. The molecule has 0 spiro atoms. The summed E-state index contributed by atoms with van der Waals surface area (Å²) in [6.45, 7) is 0. The van der Waals surface area contributed by atoms with E-state index in [1.54, 1.807) is 0 Å². The summed E-state index contributed by atoms with van der Waals surface area (Å²) in [5, 5.41) is 5.20. The summed E-state index contributed by atoms with van der Waals surface area (Å²) in [6, 6.07) is 75.0. The van der Waals surface area contributed by atoms with Gasteiger partial charge in [-0.25, -0.2) is 15.0 Å². The third kappa shape index (κ3) is 4.95. The molecule has 4 nitrogen and oxygen atoms in total. The molecule has 3 aromatic heterocycles. The van der Waals surface area contributed by atoms with Crippen molar-refractivity contribution in [2.75, 3.05) is 0 Å². The van der Waals surface area contributed by atoms with Crippen molar-refractivity contribution in [1.29, 1.82) is 0 Å². The molecule has 4 heteroatoms. The molecule has 3 heterocycles. The van der Waals surface area contributed by atoms with Gasteiger partial charge in [0.1, 0.15) is 0 Å². The summed E-state index contributed by atoms with van der Waals surface area (Å²) < 4.78 is 2.47. The molecule has 9 aromatic carbocycles. The summed E-state index contributed by atoms with van der Waals surface area (Å²) in [4.78, 5) is 15.0. The third-order valence-corrected chi connectivity index (χ3v) is 13.8. The van der Waals surface area contributed by atoms with Gasteiger partial charge in [0.05, 0.1) is 16.6 Å². The topological polar surface area (TPSA) is 43.1 Å². The maximum absolute atomic E-state index is 5.04. The van der Waals surface area contributed by atoms with Gasteiger partial charge in [-0.1, -0.05) is 188 Å². The lowest BCUT2D eigenvalue weighted by atomic mass is 9.58. The SMILES string of the molecule is c1ccc(-c2nc(-c3ccccc3)nc(-c3ccc(-c4ccc(-c5ccc6c(c5)c5cccc7c8ccccc8n6c75)c5c4C4c6ccccc6C5c5ccccc54)cc3)n2)cc1. The van der Waals surface area contributed by atoms with Gasteiger partial charge in [0, 0.05) is 50.1 Å². The molecule has 0 amide bonds. The van der Waals surface area contributed by atoms with E-state index in [9.17, 15) is 0 Å². The monoisotopic (exact) mass is 800 g/mol. The molecule has 3 aliphatic rings. The van der Waals surface area contributed by atoms with Gasteiger partial charge in [-0.05, 0) is 73.8 Å². The van der Waals surface area contributed by atoms with Crippen molar-refractivity contribution in [3.8, 4) is 56.4 Å². The van der Waals surface area contributed by atoms with Crippen LogP contribution in [0.2, 0.25) is 0 Å². The predicted octanol–water partition coefficient (Wildman–Crippen LogP) is 14.3. The van der Waals surface area contributed by atoms with Gasteiger partial charge in [0.15, 0.2) is 17.5 Å².